The standard InChI is InChI=1S/C26H27N3O4S/c1-4-17-33-23-15-13-22(14-16-23)18-27-28-26(30)19-29(25-12-8-9-20(2)21(25)3)34(31,32)24-10-6-5-7-11-24/h4-16,18H,1,17,19H2,2-3H3,(H,28,30)/b27-18-. The number of aryl methyl sites for hydroxylation is 1. The summed E-state index contributed by atoms with van der Waals surface area (Å²) in [7, 11) is -3.98. The fraction of sp³-hybridized carbons (Fsp3) is 0.154. The number of anilines is 1. The predicted molar refractivity (Wildman–Crippen MR) is 135 cm³/mol. The molecule has 0 unspecified atom stereocenters. The highest BCUT2D eigenvalue weighted by molar-refractivity contribution is 7.92. The van der Waals surface area contributed by atoms with Gasteiger partial charge in [-0.3, -0.25) is 9.10 Å². The van der Waals surface area contributed by atoms with Crippen LogP contribution in [0.15, 0.2) is 95.4 Å². The van der Waals surface area contributed by atoms with Gasteiger partial charge in [0.05, 0.1) is 16.8 Å². The van der Waals surface area contributed by atoms with Crippen molar-refractivity contribution in [2.75, 3.05) is 17.5 Å². The first-order valence-electron chi connectivity index (χ1n) is 10.6. The molecule has 3 rings (SSSR count). The molecule has 0 saturated carbocycles. The summed E-state index contributed by atoms with van der Waals surface area (Å²) >= 11 is 0. The van der Waals surface area contributed by atoms with E-state index in [1.165, 1.54) is 18.3 Å². The van der Waals surface area contributed by atoms with Crippen LogP contribution in [0.4, 0.5) is 5.69 Å². The Labute approximate surface area is 200 Å². The van der Waals surface area contributed by atoms with E-state index < -0.39 is 22.5 Å². The molecule has 1 N–H and O–H groups in total. The minimum atomic E-state index is -3.98. The van der Waals surface area contributed by atoms with Gasteiger partial charge in [-0.15, -0.1) is 0 Å². The Morgan fingerprint density at radius 1 is 1.03 bits per heavy atom. The number of hydrogen-bond donors (Lipinski definition) is 1. The van der Waals surface area contributed by atoms with E-state index in [9.17, 15) is 13.2 Å². The van der Waals surface area contributed by atoms with Gasteiger partial charge >= 0.3 is 0 Å². The quantitative estimate of drug-likeness (QED) is 0.269. The van der Waals surface area contributed by atoms with Crippen LogP contribution in [-0.4, -0.2) is 33.7 Å². The van der Waals surface area contributed by atoms with Gasteiger partial charge in [0.1, 0.15) is 18.9 Å². The summed E-state index contributed by atoms with van der Waals surface area (Å²) in [6.45, 7) is 7.31. The van der Waals surface area contributed by atoms with Crippen molar-refractivity contribution in [1.82, 2.24) is 5.43 Å². The molecule has 0 bridgehead atoms. The molecular weight excluding hydrogens is 450 g/mol. The highest BCUT2D eigenvalue weighted by atomic mass is 32.2. The molecular formula is C26H27N3O4S. The van der Waals surface area contributed by atoms with E-state index in [0.717, 1.165) is 21.0 Å². The van der Waals surface area contributed by atoms with E-state index in [1.54, 1.807) is 60.7 Å². The number of carbonyl (C=O) groups is 1. The predicted octanol–water partition coefficient (Wildman–Crippen LogP) is 4.21. The topological polar surface area (TPSA) is 88.1 Å². The Morgan fingerprint density at radius 2 is 1.74 bits per heavy atom. The SMILES string of the molecule is C=CCOc1ccc(/C=N\NC(=O)CN(c2cccc(C)c2C)S(=O)(=O)c2ccccc2)cc1. The van der Waals surface area contributed by atoms with Crippen molar-refractivity contribution in [2.24, 2.45) is 5.10 Å². The van der Waals surface area contributed by atoms with Gasteiger partial charge in [-0.1, -0.05) is 43.0 Å². The first kappa shape index (κ1) is 24.7. The van der Waals surface area contributed by atoms with Gasteiger partial charge in [-0.2, -0.15) is 5.10 Å². The van der Waals surface area contributed by atoms with Crippen molar-refractivity contribution in [3.63, 3.8) is 0 Å². The summed E-state index contributed by atoms with van der Waals surface area (Å²) in [6.07, 6.45) is 3.13. The van der Waals surface area contributed by atoms with Gasteiger partial charge in [0.25, 0.3) is 15.9 Å². The molecule has 176 valence electrons. The van der Waals surface area contributed by atoms with Crippen LogP contribution in [0.25, 0.3) is 0 Å². The number of amides is 1. The number of sulfonamides is 1. The van der Waals surface area contributed by atoms with Gasteiger partial charge in [-0.25, -0.2) is 13.8 Å². The van der Waals surface area contributed by atoms with Crippen molar-refractivity contribution >= 4 is 27.8 Å². The van der Waals surface area contributed by atoms with Crippen molar-refractivity contribution in [3.8, 4) is 5.75 Å². The van der Waals surface area contributed by atoms with Crippen molar-refractivity contribution in [3.05, 3.63) is 102 Å². The Morgan fingerprint density at radius 3 is 2.41 bits per heavy atom. The summed E-state index contributed by atoms with van der Waals surface area (Å²) in [5.74, 6) is 0.124. The van der Waals surface area contributed by atoms with Gasteiger partial charge in [-0.05, 0) is 73.0 Å². The highest BCUT2D eigenvalue weighted by Gasteiger charge is 2.28. The Bertz CT molecular complexity index is 1270. The first-order chi connectivity index (χ1) is 16.3. The average Bonchev–Trinajstić information content (AvgIpc) is 2.84. The van der Waals surface area contributed by atoms with E-state index in [1.807, 2.05) is 19.9 Å². The summed E-state index contributed by atoms with van der Waals surface area (Å²) in [5.41, 5.74) is 5.30. The van der Waals surface area contributed by atoms with E-state index in [0.29, 0.717) is 18.0 Å². The van der Waals surface area contributed by atoms with E-state index >= 15 is 0 Å². The van der Waals surface area contributed by atoms with Crippen molar-refractivity contribution in [2.45, 2.75) is 18.7 Å². The lowest BCUT2D eigenvalue weighted by molar-refractivity contribution is -0.119. The molecule has 0 fully saturated rings. The zero-order valence-corrected chi connectivity index (χ0v) is 20.0. The molecule has 3 aromatic rings. The molecule has 0 saturated heterocycles. The third kappa shape index (κ3) is 6.11. The maximum Gasteiger partial charge on any atom is 0.264 e. The highest BCUT2D eigenvalue weighted by Crippen LogP contribution is 2.28. The van der Waals surface area contributed by atoms with E-state index in [4.69, 9.17) is 4.74 Å². The van der Waals surface area contributed by atoms with Crippen LogP contribution in [-0.2, 0) is 14.8 Å². The molecule has 0 atom stereocenters. The summed E-state index contributed by atoms with van der Waals surface area (Å²) in [5, 5.41) is 3.97. The molecule has 8 heteroatoms. The molecule has 0 radical (unpaired) electrons. The van der Waals surface area contributed by atoms with Crippen LogP contribution in [0.1, 0.15) is 16.7 Å². The Balaban J connectivity index is 1.78. The minimum absolute atomic E-state index is 0.103. The van der Waals surface area contributed by atoms with Crippen LogP contribution in [0.3, 0.4) is 0 Å². The maximum absolute atomic E-state index is 13.4. The number of hydrogen-bond acceptors (Lipinski definition) is 5. The number of nitrogens with zero attached hydrogens (tertiary/aromatic N) is 2. The lowest BCUT2D eigenvalue weighted by atomic mass is 10.1. The number of carbonyl (C=O) groups excluding carboxylic acids is 1. The lowest BCUT2D eigenvalue weighted by Crippen LogP contribution is -2.40. The maximum atomic E-state index is 13.4. The second-order valence-corrected chi connectivity index (χ2v) is 9.37. The summed E-state index contributed by atoms with van der Waals surface area (Å²) < 4.78 is 33.4. The Hall–Kier alpha value is -3.91. The zero-order chi connectivity index (χ0) is 24.6. The molecule has 0 aliphatic heterocycles. The number of nitrogens with one attached hydrogen (secondary N) is 1. The van der Waals surface area contributed by atoms with Crippen LogP contribution in [0.2, 0.25) is 0 Å². The van der Waals surface area contributed by atoms with Crippen molar-refractivity contribution in [1.29, 1.82) is 0 Å². The monoisotopic (exact) mass is 477 g/mol. The normalized spacial score (nSPS) is 11.2. The summed E-state index contributed by atoms with van der Waals surface area (Å²) in [4.78, 5) is 12.8. The van der Waals surface area contributed by atoms with Crippen LogP contribution in [0, 0.1) is 13.8 Å². The molecule has 0 aromatic heterocycles. The van der Waals surface area contributed by atoms with Gasteiger partial charge < -0.3 is 4.74 Å². The fourth-order valence-electron chi connectivity index (χ4n) is 3.17. The number of hydrazone groups is 1. The zero-order valence-electron chi connectivity index (χ0n) is 19.1. The van der Waals surface area contributed by atoms with Gasteiger partial charge in [0.2, 0.25) is 0 Å². The number of rotatable bonds is 10. The van der Waals surface area contributed by atoms with Gasteiger partial charge in [0.15, 0.2) is 0 Å². The van der Waals surface area contributed by atoms with Crippen LogP contribution in [0.5, 0.6) is 5.75 Å². The molecule has 0 aliphatic rings. The third-order valence-electron chi connectivity index (χ3n) is 5.11. The molecule has 1 amide bonds. The average molecular weight is 478 g/mol. The largest absolute Gasteiger partial charge is 0.490 e. The van der Waals surface area contributed by atoms with Crippen LogP contribution >= 0.6 is 0 Å². The molecule has 0 aliphatic carbocycles. The second-order valence-electron chi connectivity index (χ2n) is 7.51. The lowest BCUT2D eigenvalue weighted by Gasteiger charge is -2.26. The molecule has 0 spiro atoms. The van der Waals surface area contributed by atoms with E-state index in [2.05, 4.69) is 17.1 Å². The third-order valence-corrected chi connectivity index (χ3v) is 6.89. The molecule has 34 heavy (non-hydrogen) atoms. The second kappa shape index (κ2) is 11.3. The van der Waals surface area contributed by atoms with E-state index in [-0.39, 0.29) is 4.90 Å². The fourth-order valence-corrected chi connectivity index (χ4v) is 4.67. The van der Waals surface area contributed by atoms with Gasteiger partial charge in [0, 0.05) is 0 Å². The smallest absolute Gasteiger partial charge is 0.264 e. The molecule has 7 nitrogen and oxygen atoms in total. The first-order valence-corrected chi connectivity index (χ1v) is 12.1. The summed E-state index contributed by atoms with van der Waals surface area (Å²) in [6, 6.07) is 20.5. The molecule has 0 heterocycles. The Kier molecular flexibility index (Phi) is 8.21. The van der Waals surface area contributed by atoms with Crippen molar-refractivity contribution < 1.29 is 17.9 Å². The number of ether oxygens (including phenoxy) is 1. The minimum Gasteiger partial charge on any atom is -0.490 e. The molecule has 3 aromatic carbocycles. The van der Waals surface area contributed by atoms with Crippen LogP contribution < -0.4 is 14.5 Å². The number of benzene rings is 3.